The molecular formula is C26H19FN2O4. The van der Waals surface area contributed by atoms with Gasteiger partial charge in [-0.2, -0.15) is 0 Å². The molecule has 0 bridgehead atoms. The molecule has 0 radical (unpaired) electrons. The van der Waals surface area contributed by atoms with E-state index in [1.54, 1.807) is 42.6 Å². The third-order valence-corrected chi connectivity index (χ3v) is 5.54. The number of pyridine rings is 1. The van der Waals surface area contributed by atoms with Gasteiger partial charge in [0.25, 0.3) is 5.91 Å². The Balaban J connectivity index is 1.72. The predicted molar refractivity (Wildman–Crippen MR) is 122 cm³/mol. The van der Waals surface area contributed by atoms with E-state index in [4.69, 9.17) is 9.15 Å². The van der Waals surface area contributed by atoms with E-state index < -0.39 is 23.2 Å². The van der Waals surface area contributed by atoms with E-state index in [1.807, 2.05) is 13.0 Å². The Labute approximate surface area is 188 Å². The fourth-order valence-electron chi connectivity index (χ4n) is 4.00. The van der Waals surface area contributed by atoms with Crippen LogP contribution in [-0.4, -0.2) is 17.5 Å². The van der Waals surface area contributed by atoms with E-state index in [9.17, 15) is 14.0 Å². The molecule has 33 heavy (non-hydrogen) atoms. The number of ether oxygens (including phenoxy) is 1. The van der Waals surface area contributed by atoms with Gasteiger partial charge in [0.05, 0.1) is 17.0 Å². The van der Waals surface area contributed by atoms with Crippen molar-refractivity contribution < 1.29 is 18.3 Å². The van der Waals surface area contributed by atoms with Crippen molar-refractivity contribution in [1.29, 1.82) is 0 Å². The monoisotopic (exact) mass is 442 g/mol. The van der Waals surface area contributed by atoms with Gasteiger partial charge >= 0.3 is 0 Å². The summed E-state index contributed by atoms with van der Waals surface area (Å²) in [6, 6.07) is 13.5. The fraction of sp³-hybridized carbons (Fsp3) is 0.115. The molecule has 6 nitrogen and oxygen atoms in total. The van der Waals surface area contributed by atoms with Gasteiger partial charge in [-0.25, -0.2) is 9.37 Å². The van der Waals surface area contributed by atoms with E-state index >= 15 is 0 Å². The Morgan fingerprint density at radius 1 is 1.15 bits per heavy atom. The Morgan fingerprint density at radius 3 is 2.64 bits per heavy atom. The summed E-state index contributed by atoms with van der Waals surface area (Å²) >= 11 is 0. The van der Waals surface area contributed by atoms with Crippen LogP contribution < -0.4 is 15.1 Å². The number of anilines is 1. The number of carbonyl (C=O) groups excluding carboxylic acids is 1. The first-order chi connectivity index (χ1) is 16.0. The van der Waals surface area contributed by atoms with Gasteiger partial charge in [-0.05, 0) is 54.4 Å². The Morgan fingerprint density at radius 2 is 1.94 bits per heavy atom. The number of carbonyl (C=O) groups is 1. The molecule has 4 aromatic rings. The Bertz CT molecular complexity index is 1440. The molecule has 1 atom stereocenters. The molecule has 3 heterocycles. The number of rotatable bonds is 5. The third kappa shape index (κ3) is 3.47. The summed E-state index contributed by atoms with van der Waals surface area (Å²) in [6.07, 6.45) is 3.29. The maximum atomic E-state index is 13.9. The van der Waals surface area contributed by atoms with Gasteiger partial charge in [0.15, 0.2) is 5.43 Å². The van der Waals surface area contributed by atoms with Crippen molar-refractivity contribution in [3.8, 4) is 5.75 Å². The number of benzene rings is 2. The topological polar surface area (TPSA) is 72.6 Å². The van der Waals surface area contributed by atoms with Crippen LogP contribution in [0.4, 0.5) is 10.2 Å². The zero-order valence-electron chi connectivity index (χ0n) is 17.7. The number of nitrogens with zero attached hydrogens (tertiary/aromatic N) is 2. The summed E-state index contributed by atoms with van der Waals surface area (Å²) in [5.74, 6) is -0.115. The Kier molecular flexibility index (Phi) is 5.01. The largest absolute Gasteiger partial charge is 0.490 e. The third-order valence-electron chi connectivity index (χ3n) is 5.54. The van der Waals surface area contributed by atoms with Gasteiger partial charge in [-0.3, -0.25) is 14.5 Å². The van der Waals surface area contributed by atoms with Crippen LogP contribution in [0.5, 0.6) is 5.75 Å². The second-order valence-electron chi connectivity index (χ2n) is 7.75. The number of hydrogen-bond donors (Lipinski definition) is 0. The zero-order chi connectivity index (χ0) is 23.1. The average Bonchev–Trinajstić information content (AvgIpc) is 3.11. The fourth-order valence-corrected chi connectivity index (χ4v) is 4.00. The van der Waals surface area contributed by atoms with Gasteiger partial charge in [-0.1, -0.05) is 30.9 Å². The highest BCUT2D eigenvalue weighted by atomic mass is 19.1. The molecule has 1 aliphatic rings. The minimum Gasteiger partial charge on any atom is -0.490 e. The highest BCUT2D eigenvalue weighted by Crippen LogP contribution is 2.40. The van der Waals surface area contributed by atoms with Crippen LogP contribution in [0, 0.1) is 12.7 Å². The average molecular weight is 442 g/mol. The lowest BCUT2D eigenvalue weighted by atomic mass is 9.98. The number of hydrogen-bond acceptors (Lipinski definition) is 5. The maximum Gasteiger partial charge on any atom is 0.296 e. The lowest BCUT2D eigenvalue weighted by Gasteiger charge is -2.24. The first-order valence-corrected chi connectivity index (χ1v) is 10.3. The van der Waals surface area contributed by atoms with Crippen molar-refractivity contribution in [2.45, 2.75) is 13.0 Å². The van der Waals surface area contributed by atoms with Gasteiger partial charge < -0.3 is 9.15 Å². The molecule has 0 aliphatic carbocycles. The molecule has 0 N–H and O–H groups in total. The molecule has 0 saturated heterocycles. The van der Waals surface area contributed by atoms with Crippen LogP contribution in [0.15, 0.2) is 82.7 Å². The quantitative estimate of drug-likeness (QED) is 0.409. The smallest absolute Gasteiger partial charge is 0.296 e. The molecule has 0 fully saturated rings. The van der Waals surface area contributed by atoms with Crippen molar-refractivity contribution in [3.63, 3.8) is 0 Å². The first kappa shape index (κ1) is 20.6. The first-order valence-electron chi connectivity index (χ1n) is 10.3. The lowest BCUT2D eigenvalue weighted by molar-refractivity contribution is 0.0970. The second kappa shape index (κ2) is 8.02. The van der Waals surface area contributed by atoms with E-state index in [1.165, 1.54) is 17.0 Å². The molecule has 164 valence electrons. The summed E-state index contributed by atoms with van der Waals surface area (Å²) in [7, 11) is 0. The molecule has 0 spiro atoms. The van der Waals surface area contributed by atoms with Crippen molar-refractivity contribution in [2.24, 2.45) is 0 Å². The van der Waals surface area contributed by atoms with Crippen molar-refractivity contribution in [1.82, 2.24) is 4.98 Å². The molecular weight excluding hydrogens is 423 g/mol. The SMILES string of the molecule is C=CCOc1ccc(C2c3c(oc4ccc(F)cc4c3=O)C(=O)N2c2ccc(C)cn2)cc1. The normalized spacial score (nSPS) is 15.0. The van der Waals surface area contributed by atoms with Gasteiger partial charge in [0.1, 0.15) is 29.6 Å². The molecule has 5 rings (SSSR count). The van der Waals surface area contributed by atoms with Crippen molar-refractivity contribution >= 4 is 22.7 Å². The van der Waals surface area contributed by atoms with Crippen molar-refractivity contribution in [2.75, 3.05) is 11.5 Å². The number of aryl methyl sites for hydroxylation is 1. The summed E-state index contributed by atoms with van der Waals surface area (Å²) in [6.45, 7) is 5.88. The number of fused-ring (bicyclic) bond motifs is 2. The van der Waals surface area contributed by atoms with E-state index in [0.717, 1.165) is 11.6 Å². The highest BCUT2D eigenvalue weighted by molar-refractivity contribution is 6.10. The van der Waals surface area contributed by atoms with Crippen LogP contribution in [0.25, 0.3) is 11.0 Å². The van der Waals surface area contributed by atoms with Crippen LogP contribution in [0.1, 0.15) is 33.3 Å². The number of aromatic nitrogens is 1. The van der Waals surface area contributed by atoms with Crippen LogP contribution in [-0.2, 0) is 0 Å². The minimum atomic E-state index is -0.792. The van der Waals surface area contributed by atoms with Gasteiger partial charge in [0.2, 0.25) is 5.76 Å². The lowest BCUT2D eigenvalue weighted by Crippen LogP contribution is -2.30. The van der Waals surface area contributed by atoms with Crippen molar-refractivity contribution in [3.05, 3.63) is 112 Å². The standard InChI is InChI=1S/C26H19FN2O4/c1-3-12-32-18-8-5-16(6-9-18)23-22-24(30)19-13-17(27)7-10-20(19)33-25(22)26(31)29(23)21-11-4-15(2)14-28-21/h3-11,13-14,23H,1,12H2,2H3. The summed E-state index contributed by atoms with van der Waals surface area (Å²) in [4.78, 5) is 32.8. The van der Waals surface area contributed by atoms with E-state index in [-0.39, 0.29) is 22.3 Å². The van der Waals surface area contributed by atoms with Crippen LogP contribution in [0.2, 0.25) is 0 Å². The Hall–Kier alpha value is -4.26. The van der Waals surface area contributed by atoms with E-state index in [0.29, 0.717) is 23.7 Å². The van der Waals surface area contributed by atoms with Crippen LogP contribution >= 0.6 is 0 Å². The summed E-state index contributed by atoms with van der Waals surface area (Å²) < 4.78 is 25.3. The summed E-state index contributed by atoms with van der Waals surface area (Å²) in [5, 5.41) is 0.0798. The molecule has 1 amide bonds. The van der Waals surface area contributed by atoms with E-state index in [2.05, 4.69) is 11.6 Å². The molecule has 0 saturated carbocycles. The van der Waals surface area contributed by atoms with Gasteiger partial charge in [0, 0.05) is 6.20 Å². The zero-order valence-corrected chi connectivity index (χ0v) is 17.7. The van der Waals surface area contributed by atoms with Gasteiger partial charge in [-0.15, -0.1) is 0 Å². The predicted octanol–water partition coefficient (Wildman–Crippen LogP) is 4.95. The maximum absolute atomic E-state index is 13.9. The number of halogens is 1. The highest BCUT2D eigenvalue weighted by Gasteiger charge is 2.44. The molecule has 1 aliphatic heterocycles. The second-order valence-corrected chi connectivity index (χ2v) is 7.75. The number of amides is 1. The van der Waals surface area contributed by atoms with Crippen LogP contribution in [0.3, 0.4) is 0 Å². The molecule has 2 aromatic carbocycles. The minimum absolute atomic E-state index is 0.0709. The molecule has 2 aromatic heterocycles. The molecule has 7 heteroatoms. The summed E-state index contributed by atoms with van der Waals surface area (Å²) in [5.41, 5.74) is 1.45. The molecule has 1 unspecified atom stereocenters.